The molecule has 1 atom stereocenters. The van der Waals surface area contributed by atoms with Gasteiger partial charge in [0.25, 0.3) is 10.7 Å². The van der Waals surface area contributed by atoms with Crippen molar-refractivity contribution >= 4 is 35.6 Å². The molecule has 1 aromatic heterocycles. The van der Waals surface area contributed by atoms with Gasteiger partial charge in [0.05, 0.1) is 12.7 Å². The van der Waals surface area contributed by atoms with E-state index in [0.717, 1.165) is 26.6 Å². The molecule has 3 rings (SSSR count). The fraction of sp³-hybridized carbons (Fsp3) is 0.250. The van der Waals surface area contributed by atoms with Gasteiger partial charge in [-0.2, -0.15) is 4.68 Å². The fourth-order valence-corrected chi connectivity index (χ4v) is 3.59. The van der Waals surface area contributed by atoms with Gasteiger partial charge in [-0.05, 0) is 49.2 Å². The van der Waals surface area contributed by atoms with Gasteiger partial charge in [0.1, 0.15) is 0 Å². The highest BCUT2D eigenvalue weighted by Gasteiger charge is 2.16. The maximum Gasteiger partial charge on any atom is 0.292 e. The van der Waals surface area contributed by atoms with E-state index in [4.69, 9.17) is 16.6 Å². The smallest absolute Gasteiger partial charge is 0.292 e. The van der Waals surface area contributed by atoms with Crippen molar-refractivity contribution in [2.75, 3.05) is 25.2 Å². The lowest BCUT2D eigenvalue weighted by Gasteiger charge is -2.14. The summed E-state index contributed by atoms with van der Waals surface area (Å²) in [5.74, 6) is 0.433. The molecule has 1 amide bonds. The average molecular weight is 416 g/mol. The first kappa shape index (κ1) is 20.3. The summed E-state index contributed by atoms with van der Waals surface area (Å²) in [5.41, 5.74) is 2.81. The third-order valence-electron chi connectivity index (χ3n) is 4.24. The van der Waals surface area contributed by atoms with Gasteiger partial charge >= 0.3 is 0 Å². The summed E-state index contributed by atoms with van der Waals surface area (Å²) in [7, 11) is 1.92. The number of likely N-dealkylation sites (N-methyl/N-ethyl adjacent to an activating group) is 1. The zero-order chi connectivity index (χ0) is 20.1. The highest BCUT2D eigenvalue weighted by Crippen LogP contribution is 2.24. The average Bonchev–Trinajstić information content (AvgIpc) is 3.02. The van der Waals surface area contributed by atoms with E-state index in [1.165, 1.54) is 0 Å². The number of para-hydroxylation sites is 1. The van der Waals surface area contributed by atoms with Crippen molar-refractivity contribution in [1.29, 1.82) is 0 Å². The number of anilines is 1. The molecular weight excluding hydrogens is 392 g/mol. The molecule has 2 aromatic carbocycles. The van der Waals surface area contributed by atoms with Gasteiger partial charge in [-0.1, -0.05) is 30.3 Å². The van der Waals surface area contributed by atoms with E-state index >= 15 is 0 Å². The normalized spacial score (nSPS) is 12.0. The molecule has 1 unspecified atom stereocenters. The zero-order valence-electron chi connectivity index (χ0n) is 16.1. The monoisotopic (exact) mass is 415 g/mol. The molecule has 8 heteroatoms. The van der Waals surface area contributed by atoms with Crippen LogP contribution in [0.1, 0.15) is 5.56 Å². The predicted molar refractivity (Wildman–Crippen MR) is 114 cm³/mol. The Hall–Kier alpha value is -2.42. The molecule has 0 bridgehead atoms. The maximum atomic E-state index is 12.4. The summed E-state index contributed by atoms with van der Waals surface area (Å²) in [5, 5.41) is 7.46. The second-order valence-corrected chi connectivity index (χ2v) is 7.73. The Kier molecular flexibility index (Phi) is 6.66. The first-order chi connectivity index (χ1) is 13.5. The molecule has 3 aromatic rings. The predicted octanol–water partition coefficient (Wildman–Crippen LogP) is 3.01. The number of amides is 1. The molecule has 2 N–H and O–H groups in total. The van der Waals surface area contributed by atoms with Gasteiger partial charge in [0, 0.05) is 10.5 Å². The van der Waals surface area contributed by atoms with E-state index in [2.05, 4.69) is 10.4 Å². The van der Waals surface area contributed by atoms with E-state index in [9.17, 15) is 4.79 Å². The largest absolute Gasteiger partial charge is 0.409 e. The molecular formula is C20H23N4O2S2+. The molecule has 0 aliphatic rings. The van der Waals surface area contributed by atoms with Crippen LogP contribution in [0, 0.1) is 11.8 Å². The van der Waals surface area contributed by atoms with Crippen LogP contribution in [-0.2, 0) is 11.5 Å². The summed E-state index contributed by atoms with van der Waals surface area (Å²) in [6.45, 7) is 2.73. The van der Waals surface area contributed by atoms with Crippen LogP contribution in [0.15, 0.2) is 57.8 Å². The van der Waals surface area contributed by atoms with Crippen molar-refractivity contribution in [2.45, 2.75) is 18.5 Å². The number of aryl methyl sites for hydroxylation is 1. The molecule has 0 fully saturated rings. The van der Waals surface area contributed by atoms with Crippen LogP contribution in [0.4, 0.5) is 5.69 Å². The van der Waals surface area contributed by atoms with Crippen LogP contribution in [0.3, 0.4) is 0 Å². The van der Waals surface area contributed by atoms with Gasteiger partial charge in [-0.25, -0.2) is 0 Å². The van der Waals surface area contributed by atoms with Crippen molar-refractivity contribution < 1.29 is 14.1 Å². The molecule has 146 valence electrons. The summed E-state index contributed by atoms with van der Waals surface area (Å²) in [6.07, 6.45) is 1.99. The Labute approximate surface area is 173 Å². The second kappa shape index (κ2) is 9.18. The molecule has 0 spiro atoms. The van der Waals surface area contributed by atoms with E-state index < -0.39 is 0 Å². The molecule has 0 aliphatic carbocycles. The molecule has 0 saturated heterocycles. The number of nitrogens with one attached hydrogen (secondary N) is 2. The van der Waals surface area contributed by atoms with Gasteiger partial charge in [-0.15, -0.1) is 16.9 Å². The Morgan fingerprint density at radius 1 is 1.25 bits per heavy atom. The minimum atomic E-state index is -0.0619. The first-order valence-corrected chi connectivity index (χ1v) is 10.5. The lowest BCUT2D eigenvalue weighted by atomic mass is 10.1. The number of hydrogen-bond donors (Lipinski definition) is 2. The number of nitrogens with zero attached hydrogens (tertiary/aromatic N) is 2. The highest BCUT2D eigenvalue weighted by atomic mass is 32.2. The van der Waals surface area contributed by atoms with Gasteiger partial charge in [0.2, 0.25) is 5.89 Å². The summed E-state index contributed by atoms with van der Waals surface area (Å²) in [6, 6.07) is 15.6. The molecule has 0 saturated carbocycles. The summed E-state index contributed by atoms with van der Waals surface area (Å²) in [4.78, 5) is 14.7. The lowest BCUT2D eigenvalue weighted by Crippen LogP contribution is -3.09. The molecule has 6 nitrogen and oxygen atoms in total. The first-order valence-electron chi connectivity index (χ1n) is 8.86. The number of quaternary nitrogens is 1. The third-order valence-corrected chi connectivity index (χ3v) is 5.33. The highest BCUT2D eigenvalue weighted by molar-refractivity contribution is 7.98. The number of thioether (sulfide) groups is 1. The standard InChI is InChI=1S/C20H22N4O2S2/c1-14-8-4-5-9-15(14)19-22-24(20(27)26-19)13-23(2)12-18(25)21-16-10-6-7-11-17(16)28-3/h4-11H,12-13H2,1-3H3,(H,21,25)/p+1. The Morgan fingerprint density at radius 2 is 1.96 bits per heavy atom. The van der Waals surface area contributed by atoms with Gasteiger partial charge in [0.15, 0.2) is 13.2 Å². The lowest BCUT2D eigenvalue weighted by molar-refractivity contribution is -0.895. The molecule has 1 heterocycles. The van der Waals surface area contributed by atoms with Crippen LogP contribution in [0.2, 0.25) is 0 Å². The van der Waals surface area contributed by atoms with Crippen LogP contribution in [0.5, 0.6) is 0 Å². The number of carbonyl (C=O) groups excluding carboxylic acids is 1. The van der Waals surface area contributed by atoms with Crippen LogP contribution < -0.4 is 10.2 Å². The van der Waals surface area contributed by atoms with E-state index in [-0.39, 0.29) is 12.5 Å². The zero-order valence-corrected chi connectivity index (χ0v) is 17.7. The quantitative estimate of drug-likeness (QED) is 0.459. The van der Waals surface area contributed by atoms with Crippen LogP contribution in [-0.4, -0.2) is 35.5 Å². The van der Waals surface area contributed by atoms with Gasteiger partial charge in [-0.3, -0.25) is 4.79 Å². The Bertz CT molecular complexity index is 1030. The number of hydrogen-bond acceptors (Lipinski definition) is 5. The molecule has 0 aliphatic heterocycles. The molecule has 28 heavy (non-hydrogen) atoms. The van der Waals surface area contributed by atoms with Gasteiger partial charge < -0.3 is 14.6 Å². The van der Waals surface area contributed by atoms with Crippen molar-refractivity contribution in [2.24, 2.45) is 0 Å². The number of rotatable bonds is 7. The van der Waals surface area contributed by atoms with Crippen molar-refractivity contribution in [1.82, 2.24) is 9.78 Å². The number of aromatic nitrogens is 2. The van der Waals surface area contributed by atoms with Crippen molar-refractivity contribution in [3.63, 3.8) is 0 Å². The van der Waals surface area contributed by atoms with Crippen LogP contribution >= 0.6 is 24.0 Å². The van der Waals surface area contributed by atoms with E-state index in [1.807, 2.05) is 68.8 Å². The SMILES string of the molecule is CSc1ccccc1NC(=O)C[NH+](C)Cn1nc(-c2ccccc2C)oc1=S. The number of carbonyl (C=O) groups is 1. The second-order valence-electron chi connectivity index (χ2n) is 6.53. The number of benzene rings is 2. The topological polar surface area (TPSA) is 64.5 Å². The minimum absolute atomic E-state index is 0.0619. The fourth-order valence-electron chi connectivity index (χ4n) is 2.86. The minimum Gasteiger partial charge on any atom is -0.409 e. The van der Waals surface area contributed by atoms with E-state index in [1.54, 1.807) is 16.4 Å². The maximum absolute atomic E-state index is 12.4. The summed E-state index contributed by atoms with van der Waals surface area (Å²) >= 11 is 6.90. The van der Waals surface area contributed by atoms with Crippen molar-refractivity contribution in [3.8, 4) is 11.5 Å². The van der Waals surface area contributed by atoms with Crippen molar-refractivity contribution in [3.05, 3.63) is 58.9 Å². The van der Waals surface area contributed by atoms with E-state index in [0.29, 0.717) is 17.4 Å². The third kappa shape index (κ3) is 4.89. The Morgan fingerprint density at radius 3 is 2.71 bits per heavy atom. The Balaban J connectivity index is 1.65. The van der Waals surface area contributed by atoms with Crippen LogP contribution in [0.25, 0.3) is 11.5 Å². The molecule has 0 radical (unpaired) electrons. The summed E-state index contributed by atoms with van der Waals surface area (Å²) < 4.78 is 7.28.